The zero-order chi connectivity index (χ0) is 11.7. The number of aliphatic carboxylic acids is 1. The van der Waals surface area contributed by atoms with Crippen molar-refractivity contribution in [3.8, 4) is 0 Å². The molecule has 3 N–H and O–H groups in total. The Bertz CT molecular complexity index is 590. The third kappa shape index (κ3) is 1.91. The second kappa shape index (κ2) is 3.97. The molecule has 0 amide bonds. The first kappa shape index (κ1) is 10.7. The Kier molecular flexibility index (Phi) is 2.65. The van der Waals surface area contributed by atoms with E-state index >= 15 is 0 Å². The number of thioether (sulfide) groups is 1. The molecule has 0 saturated carbocycles. The minimum absolute atomic E-state index is 0.250. The summed E-state index contributed by atoms with van der Waals surface area (Å²) in [5, 5.41) is 8.29. The number of hydrogen-bond donors (Lipinski definition) is 3. The van der Waals surface area contributed by atoms with Crippen LogP contribution in [0.25, 0.3) is 11.2 Å². The average molecular weight is 240 g/mol. The quantitative estimate of drug-likeness (QED) is 0.522. The molecule has 0 saturated heterocycles. The lowest BCUT2D eigenvalue weighted by Crippen LogP contribution is -2.15. The van der Waals surface area contributed by atoms with Crippen LogP contribution in [-0.2, 0) is 4.79 Å². The molecule has 2 heterocycles. The van der Waals surface area contributed by atoms with Gasteiger partial charge in [-0.25, -0.2) is 9.97 Å². The van der Waals surface area contributed by atoms with Gasteiger partial charge in [0.1, 0.15) is 5.25 Å². The fourth-order valence-electron chi connectivity index (χ4n) is 1.10. The molecule has 0 fully saturated rings. The van der Waals surface area contributed by atoms with Gasteiger partial charge in [0.2, 0.25) is 0 Å². The van der Waals surface area contributed by atoms with Crippen molar-refractivity contribution in [3.05, 3.63) is 16.7 Å². The molecule has 16 heavy (non-hydrogen) atoms. The van der Waals surface area contributed by atoms with Crippen LogP contribution in [0.15, 0.2) is 16.3 Å². The molecule has 0 unspecified atom stereocenters. The molecular formula is C8H8N4O3S. The zero-order valence-electron chi connectivity index (χ0n) is 8.22. The number of H-pyrrole nitrogens is 2. The number of hydrogen-bond acceptors (Lipinski definition) is 5. The molecule has 0 aromatic carbocycles. The van der Waals surface area contributed by atoms with Gasteiger partial charge >= 0.3 is 5.97 Å². The van der Waals surface area contributed by atoms with Gasteiger partial charge in [0.25, 0.3) is 5.56 Å². The molecule has 1 atom stereocenters. The van der Waals surface area contributed by atoms with Gasteiger partial charge in [-0.2, -0.15) is 0 Å². The Morgan fingerprint density at radius 3 is 3.06 bits per heavy atom. The largest absolute Gasteiger partial charge is 0.480 e. The van der Waals surface area contributed by atoms with Crippen LogP contribution in [0, 0.1) is 0 Å². The van der Waals surface area contributed by atoms with Gasteiger partial charge < -0.3 is 10.1 Å². The molecule has 8 heteroatoms. The number of nitrogens with one attached hydrogen (secondary N) is 2. The van der Waals surface area contributed by atoms with E-state index in [0.29, 0.717) is 0 Å². The van der Waals surface area contributed by atoms with Crippen LogP contribution >= 0.6 is 11.8 Å². The fourth-order valence-corrected chi connectivity index (χ4v) is 1.82. The van der Waals surface area contributed by atoms with Crippen LogP contribution in [0.2, 0.25) is 0 Å². The first-order valence-electron chi connectivity index (χ1n) is 4.41. The summed E-state index contributed by atoms with van der Waals surface area (Å²) in [5.41, 5.74) is 0.207. The molecule has 2 rings (SSSR count). The standard InChI is InChI=1S/C8H8N4O3S/c1-3(7(14)15)16-8-11-5-4(6(13)12-8)9-2-10-5/h2-3H,1H3,(H,14,15)(H2,9,10,11,12,13)/t3-/m0/s1. The van der Waals surface area contributed by atoms with Gasteiger partial charge in [-0.15, -0.1) is 0 Å². The normalized spacial score (nSPS) is 12.8. The second-order valence-corrected chi connectivity index (χ2v) is 4.40. The van der Waals surface area contributed by atoms with Crippen LogP contribution in [0.4, 0.5) is 0 Å². The number of carboxylic acid groups (broad SMARTS) is 1. The van der Waals surface area contributed by atoms with E-state index in [1.54, 1.807) is 0 Å². The van der Waals surface area contributed by atoms with Crippen molar-refractivity contribution < 1.29 is 9.90 Å². The monoisotopic (exact) mass is 240 g/mol. The smallest absolute Gasteiger partial charge is 0.316 e. The number of carboxylic acids is 1. The highest BCUT2D eigenvalue weighted by atomic mass is 32.2. The maximum absolute atomic E-state index is 11.5. The predicted octanol–water partition coefficient (Wildman–Crippen LogP) is 0.211. The van der Waals surface area contributed by atoms with Gasteiger partial charge in [0, 0.05) is 0 Å². The van der Waals surface area contributed by atoms with Gasteiger partial charge in [0.15, 0.2) is 16.3 Å². The number of nitrogens with zero attached hydrogens (tertiary/aromatic N) is 2. The number of fused-ring (bicyclic) bond motifs is 1. The van der Waals surface area contributed by atoms with Crippen molar-refractivity contribution in [1.82, 2.24) is 19.9 Å². The fraction of sp³-hybridized carbons (Fsp3) is 0.250. The number of rotatable bonds is 3. The van der Waals surface area contributed by atoms with Crippen LogP contribution in [0.3, 0.4) is 0 Å². The summed E-state index contributed by atoms with van der Waals surface area (Å²) in [5.74, 6) is -0.963. The molecular weight excluding hydrogens is 232 g/mol. The van der Waals surface area contributed by atoms with Crippen molar-refractivity contribution in [2.24, 2.45) is 0 Å². The van der Waals surface area contributed by atoms with E-state index in [4.69, 9.17) is 5.11 Å². The summed E-state index contributed by atoms with van der Waals surface area (Å²) in [4.78, 5) is 35.1. The average Bonchev–Trinajstić information content (AvgIpc) is 2.65. The van der Waals surface area contributed by atoms with Crippen LogP contribution in [0.5, 0.6) is 0 Å². The molecule has 0 radical (unpaired) electrons. The molecule has 0 aliphatic rings. The van der Waals surface area contributed by atoms with Crippen LogP contribution < -0.4 is 5.56 Å². The predicted molar refractivity (Wildman–Crippen MR) is 57.5 cm³/mol. The lowest BCUT2D eigenvalue weighted by Gasteiger charge is -2.03. The highest BCUT2D eigenvalue weighted by Gasteiger charge is 2.15. The highest BCUT2D eigenvalue weighted by molar-refractivity contribution is 8.00. The van der Waals surface area contributed by atoms with E-state index in [1.165, 1.54) is 13.3 Å². The Labute approximate surface area is 93.3 Å². The van der Waals surface area contributed by atoms with Gasteiger partial charge in [0.05, 0.1) is 6.33 Å². The third-order valence-corrected chi connectivity index (χ3v) is 2.88. The summed E-state index contributed by atoms with van der Waals surface area (Å²) in [6.07, 6.45) is 1.36. The minimum Gasteiger partial charge on any atom is -0.480 e. The Balaban J connectivity index is 2.39. The van der Waals surface area contributed by atoms with Crippen LogP contribution in [0.1, 0.15) is 6.92 Å². The van der Waals surface area contributed by atoms with Crippen molar-refractivity contribution in [2.75, 3.05) is 0 Å². The summed E-state index contributed by atoms with van der Waals surface area (Å²) in [7, 11) is 0. The van der Waals surface area contributed by atoms with Crippen molar-refractivity contribution >= 4 is 28.9 Å². The van der Waals surface area contributed by atoms with Gasteiger partial charge in [-0.05, 0) is 6.92 Å². The van der Waals surface area contributed by atoms with Gasteiger partial charge in [-0.3, -0.25) is 14.6 Å². The maximum Gasteiger partial charge on any atom is 0.316 e. The van der Waals surface area contributed by atoms with Crippen molar-refractivity contribution in [2.45, 2.75) is 17.3 Å². The summed E-state index contributed by atoms with van der Waals surface area (Å²) < 4.78 is 0. The number of imidazole rings is 1. The van der Waals surface area contributed by atoms with Crippen molar-refractivity contribution in [1.29, 1.82) is 0 Å². The van der Waals surface area contributed by atoms with Crippen molar-refractivity contribution in [3.63, 3.8) is 0 Å². The molecule has 0 aliphatic carbocycles. The number of carbonyl (C=O) groups is 1. The molecule has 0 spiro atoms. The number of aromatic amines is 2. The lowest BCUT2D eigenvalue weighted by atomic mass is 10.5. The van der Waals surface area contributed by atoms with E-state index in [0.717, 1.165) is 11.8 Å². The minimum atomic E-state index is -0.963. The van der Waals surface area contributed by atoms with E-state index in [9.17, 15) is 9.59 Å². The molecule has 0 bridgehead atoms. The highest BCUT2D eigenvalue weighted by Crippen LogP contribution is 2.18. The maximum atomic E-state index is 11.5. The summed E-state index contributed by atoms with van der Waals surface area (Å²) in [6, 6.07) is 0. The third-order valence-electron chi connectivity index (χ3n) is 1.91. The molecule has 7 nitrogen and oxygen atoms in total. The SMILES string of the molecule is C[C@H](Sc1nc2nc[nH]c2c(=O)[nH]1)C(=O)O. The van der Waals surface area contributed by atoms with Gasteiger partial charge in [-0.1, -0.05) is 11.8 Å². The second-order valence-electron chi connectivity index (χ2n) is 3.07. The summed E-state index contributed by atoms with van der Waals surface area (Å²) >= 11 is 0.964. The topological polar surface area (TPSA) is 112 Å². The van der Waals surface area contributed by atoms with E-state index in [-0.39, 0.29) is 21.9 Å². The first-order chi connectivity index (χ1) is 7.58. The number of aromatic nitrogens is 4. The molecule has 2 aromatic heterocycles. The Morgan fingerprint density at radius 2 is 2.38 bits per heavy atom. The molecule has 0 aliphatic heterocycles. The van der Waals surface area contributed by atoms with Crippen LogP contribution in [-0.4, -0.2) is 36.3 Å². The van der Waals surface area contributed by atoms with E-state index in [2.05, 4.69) is 19.9 Å². The zero-order valence-corrected chi connectivity index (χ0v) is 9.04. The first-order valence-corrected chi connectivity index (χ1v) is 5.29. The Morgan fingerprint density at radius 1 is 1.62 bits per heavy atom. The van der Waals surface area contributed by atoms with E-state index in [1.807, 2.05) is 0 Å². The van der Waals surface area contributed by atoms with E-state index < -0.39 is 11.2 Å². The Hall–Kier alpha value is -1.83. The lowest BCUT2D eigenvalue weighted by molar-refractivity contribution is -0.136. The molecule has 2 aromatic rings. The summed E-state index contributed by atoms with van der Waals surface area (Å²) in [6.45, 7) is 1.52. The molecule has 84 valence electrons.